The Kier molecular flexibility index (Phi) is 3.74. The van der Waals surface area contributed by atoms with Gasteiger partial charge in [-0.3, -0.25) is 0 Å². The van der Waals surface area contributed by atoms with Crippen LogP contribution in [0.15, 0.2) is 10.5 Å². The van der Waals surface area contributed by atoms with Crippen LogP contribution in [-0.4, -0.2) is 18.2 Å². The van der Waals surface area contributed by atoms with Gasteiger partial charge in [-0.2, -0.15) is 0 Å². The van der Waals surface area contributed by atoms with Gasteiger partial charge in [0.05, 0.1) is 6.10 Å². The SMILES string of the molecule is Cc1sc(CNC2(C)CCOC2C)cc1Br. The van der Waals surface area contributed by atoms with Crippen LogP contribution in [0.2, 0.25) is 0 Å². The van der Waals surface area contributed by atoms with E-state index in [1.54, 1.807) is 0 Å². The van der Waals surface area contributed by atoms with Crippen LogP contribution in [-0.2, 0) is 11.3 Å². The molecule has 0 amide bonds. The molecule has 1 saturated heterocycles. The standard InChI is InChI=1S/C12H18BrNOS/c1-8-11(13)6-10(16-8)7-14-12(3)4-5-15-9(12)2/h6,9,14H,4-5,7H2,1-3H3. The third kappa shape index (κ3) is 2.50. The van der Waals surface area contributed by atoms with Crippen molar-refractivity contribution >= 4 is 27.3 Å². The highest BCUT2D eigenvalue weighted by atomic mass is 79.9. The first-order valence-corrected chi connectivity index (χ1v) is 7.24. The number of thiophene rings is 1. The Morgan fingerprint density at radius 3 is 2.94 bits per heavy atom. The van der Waals surface area contributed by atoms with Crippen LogP contribution >= 0.6 is 27.3 Å². The topological polar surface area (TPSA) is 21.3 Å². The molecule has 1 aliphatic heterocycles. The molecule has 16 heavy (non-hydrogen) atoms. The second-order valence-corrected chi connectivity index (χ2v) is 6.85. The number of ether oxygens (including phenoxy) is 1. The lowest BCUT2D eigenvalue weighted by Gasteiger charge is -2.28. The molecule has 1 fully saturated rings. The summed E-state index contributed by atoms with van der Waals surface area (Å²) in [4.78, 5) is 2.72. The summed E-state index contributed by atoms with van der Waals surface area (Å²) < 4.78 is 6.84. The molecule has 2 rings (SSSR count). The van der Waals surface area contributed by atoms with Crippen molar-refractivity contribution in [1.82, 2.24) is 5.32 Å². The molecule has 0 radical (unpaired) electrons. The van der Waals surface area contributed by atoms with Gasteiger partial charge in [0.15, 0.2) is 0 Å². The highest BCUT2D eigenvalue weighted by molar-refractivity contribution is 9.10. The zero-order valence-electron chi connectivity index (χ0n) is 9.97. The van der Waals surface area contributed by atoms with Crippen molar-refractivity contribution in [2.24, 2.45) is 0 Å². The smallest absolute Gasteiger partial charge is 0.0726 e. The van der Waals surface area contributed by atoms with E-state index in [9.17, 15) is 0 Å². The predicted molar refractivity (Wildman–Crippen MR) is 72.0 cm³/mol. The van der Waals surface area contributed by atoms with Crippen molar-refractivity contribution in [2.45, 2.75) is 45.4 Å². The number of halogens is 1. The second-order valence-electron chi connectivity index (χ2n) is 4.65. The molecular formula is C12H18BrNOS. The van der Waals surface area contributed by atoms with E-state index >= 15 is 0 Å². The zero-order valence-corrected chi connectivity index (χ0v) is 12.4. The monoisotopic (exact) mass is 303 g/mol. The molecular weight excluding hydrogens is 286 g/mol. The van der Waals surface area contributed by atoms with E-state index in [1.165, 1.54) is 14.2 Å². The molecule has 2 atom stereocenters. The van der Waals surface area contributed by atoms with E-state index in [4.69, 9.17) is 4.74 Å². The molecule has 1 aromatic rings. The summed E-state index contributed by atoms with van der Waals surface area (Å²) in [6.45, 7) is 8.34. The van der Waals surface area contributed by atoms with Crippen LogP contribution in [0.3, 0.4) is 0 Å². The Balaban J connectivity index is 1.96. The van der Waals surface area contributed by atoms with Gasteiger partial charge in [-0.25, -0.2) is 0 Å². The average Bonchev–Trinajstić information content (AvgIpc) is 2.71. The highest BCUT2D eigenvalue weighted by Crippen LogP contribution is 2.29. The highest BCUT2D eigenvalue weighted by Gasteiger charge is 2.36. The largest absolute Gasteiger partial charge is 0.377 e. The summed E-state index contributed by atoms with van der Waals surface area (Å²) in [6, 6.07) is 2.21. The van der Waals surface area contributed by atoms with Crippen molar-refractivity contribution < 1.29 is 4.74 Å². The minimum Gasteiger partial charge on any atom is -0.377 e. The van der Waals surface area contributed by atoms with Gasteiger partial charge >= 0.3 is 0 Å². The minimum absolute atomic E-state index is 0.129. The molecule has 2 unspecified atom stereocenters. The molecule has 1 N–H and O–H groups in total. The molecule has 2 heterocycles. The van der Waals surface area contributed by atoms with Gasteiger partial charge in [-0.1, -0.05) is 0 Å². The molecule has 1 aliphatic rings. The molecule has 0 aromatic carbocycles. The van der Waals surface area contributed by atoms with Crippen LogP contribution in [0.25, 0.3) is 0 Å². The van der Waals surface area contributed by atoms with Crippen molar-refractivity contribution in [2.75, 3.05) is 6.61 Å². The lowest BCUT2D eigenvalue weighted by molar-refractivity contribution is 0.0882. The Hall–Kier alpha value is 0.100. The van der Waals surface area contributed by atoms with E-state index in [0.717, 1.165) is 19.6 Å². The third-order valence-corrected chi connectivity index (χ3v) is 5.60. The van der Waals surface area contributed by atoms with E-state index in [2.05, 4.69) is 48.1 Å². The number of aryl methyl sites for hydroxylation is 1. The number of hydrogen-bond donors (Lipinski definition) is 1. The van der Waals surface area contributed by atoms with Gasteiger partial charge in [-0.15, -0.1) is 11.3 Å². The lowest BCUT2D eigenvalue weighted by atomic mass is 9.95. The van der Waals surface area contributed by atoms with Gasteiger partial charge in [-0.05, 0) is 49.2 Å². The molecule has 90 valence electrons. The van der Waals surface area contributed by atoms with Gasteiger partial charge in [0.25, 0.3) is 0 Å². The fourth-order valence-electron chi connectivity index (χ4n) is 1.96. The van der Waals surface area contributed by atoms with Gasteiger partial charge < -0.3 is 10.1 Å². The van der Waals surface area contributed by atoms with Crippen molar-refractivity contribution in [3.63, 3.8) is 0 Å². The fraction of sp³-hybridized carbons (Fsp3) is 0.667. The summed E-state index contributed by atoms with van der Waals surface area (Å²) in [5, 5.41) is 3.63. The molecule has 1 aromatic heterocycles. The normalized spacial score (nSPS) is 29.9. The van der Waals surface area contributed by atoms with E-state index in [0.29, 0.717) is 6.10 Å². The van der Waals surface area contributed by atoms with Crippen LogP contribution in [0, 0.1) is 6.92 Å². The Labute approximate surface area is 110 Å². The predicted octanol–water partition coefficient (Wildman–Crippen LogP) is 3.48. The zero-order chi connectivity index (χ0) is 11.8. The number of rotatable bonds is 3. The first-order valence-electron chi connectivity index (χ1n) is 5.63. The fourth-order valence-corrected chi connectivity index (χ4v) is 3.50. The molecule has 4 heteroatoms. The van der Waals surface area contributed by atoms with Gasteiger partial charge in [0, 0.05) is 32.9 Å². The first kappa shape index (κ1) is 12.6. The van der Waals surface area contributed by atoms with Crippen molar-refractivity contribution in [3.05, 3.63) is 20.3 Å². The van der Waals surface area contributed by atoms with Crippen LogP contribution in [0.4, 0.5) is 0 Å². The third-order valence-electron chi connectivity index (χ3n) is 3.46. The summed E-state index contributed by atoms with van der Waals surface area (Å²) in [7, 11) is 0. The van der Waals surface area contributed by atoms with E-state index in [1.807, 2.05) is 11.3 Å². The molecule has 2 nitrogen and oxygen atoms in total. The molecule has 0 bridgehead atoms. The van der Waals surface area contributed by atoms with E-state index in [-0.39, 0.29) is 5.54 Å². The van der Waals surface area contributed by atoms with Crippen LogP contribution < -0.4 is 5.32 Å². The number of nitrogens with one attached hydrogen (secondary N) is 1. The van der Waals surface area contributed by atoms with Crippen LogP contribution in [0.5, 0.6) is 0 Å². The van der Waals surface area contributed by atoms with Crippen molar-refractivity contribution in [1.29, 1.82) is 0 Å². The van der Waals surface area contributed by atoms with Gasteiger partial charge in [0.2, 0.25) is 0 Å². The minimum atomic E-state index is 0.129. The maximum atomic E-state index is 5.62. The average molecular weight is 304 g/mol. The number of hydrogen-bond acceptors (Lipinski definition) is 3. The Bertz CT molecular complexity index is 360. The quantitative estimate of drug-likeness (QED) is 0.923. The summed E-state index contributed by atoms with van der Waals surface area (Å²) in [6.07, 6.45) is 1.40. The van der Waals surface area contributed by atoms with Crippen LogP contribution in [0.1, 0.15) is 30.0 Å². The molecule has 0 saturated carbocycles. The molecule has 0 spiro atoms. The van der Waals surface area contributed by atoms with Crippen molar-refractivity contribution in [3.8, 4) is 0 Å². The Morgan fingerprint density at radius 2 is 2.44 bits per heavy atom. The lowest BCUT2D eigenvalue weighted by Crippen LogP contribution is -2.47. The van der Waals surface area contributed by atoms with E-state index < -0.39 is 0 Å². The maximum absolute atomic E-state index is 5.62. The summed E-state index contributed by atoms with van der Waals surface area (Å²) in [5.41, 5.74) is 0.129. The molecule has 0 aliphatic carbocycles. The maximum Gasteiger partial charge on any atom is 0.0726 e. The second kappa shape index (κ2) is 4.77. The first-order chi connectivity index (χ1) is 7.51. The van der Waals surface area contributed by atoms with Gasteiger partial charge in [0.1, 0.15) is 0 Å². The summed E-state index contributed by atoms with van der Waals surface area (Å²) in [5.74, 6) is 0. The summed E-state index contributed by atoms with van der Waals surface area (Å²) >= 11 is 5.40. The Morgan fingerprint density at radius 1 is 1.69 bits per heavy atom.